The van der Waals surface area contributed by atoms with Crippen LogP contribution in [0.15, 0.2) is 48.5 Å². The summed E-state index contributed by atoms with van der Waals surface area (Å²) in [5.41, 5.74) is 3.46. The van der Waals surface area contributed by atoms with E-state index in [1.54, 1.807) is 9.80 Å². The molecule has 2 N–H and O–H groups in total. The average Bonchev–Trinajstić information content (AvgIpc) is 3.55. The van der Waals surface area contributed by atoms with E-state index >= 15 is 0 Å². The molecule has 38 heavy (non-hydrogen) atoms. The lowest BCUT2D eigenvalue weighted by Gasteiger charge is -2.31. The Morgan fingerprint density at radius 1 is 0.632 bits per heavy atom. The monoisotopic (exact) mass is 518 g/mol. The molecule has 200 valence electrons. The second kappa shape index (κ2) is 11.2. The Labute approximate surface area is 222 Å². The Bertz CT molecular complexity index is 1150. The van der Waals surface area contributed by atoms with Crippen LogP contribution >= 0.6 is 0 Å². The highest BCUT2D eigenvalue weighted by atomic mass is 16.3. The number of benzene rings is 2. The summed E-state index contributed by atoms with van der Waals surface area (Å²) >= 11 is 0. The summed E-state index contributed by atoms with van der Waals surface area (Å²) in [6.07, 6.45) is 4.22. The van der Waals surface area contributed by atoms with E-state index in [0.717, 1.165) is 35.3 Å². The third-order valence-electron chi connectivity index (χ3n) is 8.13. The van der Waals surface area contributed by atoms with Gasteiger partial charge in [-0.15, -0.1) is 0 Å². The van der Waals surface area contributed by atoms with Crippen molar-refractivity contribution >= 4 is 34.8 Å². The van der Waals surface area contributed by atoms with Gasteiger partial charge in [-0.05, 0) is 61.8 Å². The van der Waals surface area contributed by atoms with E-state index in [1.807, 2.05) is 48.5 Å². The zero-order valence-corrected chi connectivity index (χ0v) is 21.4. The van der Waals surface area contributed by atoms with E-state index in [9.17, 15) is 29.4 Å². The number of aliphatic hydroxyl groups excluding tert-OH is 2. The van der Waals surface area contributed by atoms with Gasteiger partial charge in [-0.2, -0.15) is 0 Å². The molecule has 6 rings (SSSR count). The number of aliphatic hydroxyl groups is 2. The number of para-hydroxylation sites is 2. The zero-order valence-electron chi connectivity index (χ0n) is 21.4. The largest absolute Gasteiger partial charge is 0.392 e. The van der Waals surface area contributed by atoms with Crippen molar-refractivity contribution in [2.45, 2.75) is 63.6 Å². The van der Waals surface area contributed by atoms with E-state index in [4.69, 9.17) is 0 Å². The molecular weight excluding hydrogens is 484 g/mol. The number of carbonyl (C=O) groups is 4. The van der Waals surface area contributed by atoms with Crippen molar-refractivity contribution in [2.75, 3.05) is 22.9 Å². The Hall–Kier alpha value is -3.36. The molecule has 0 radical (unpaired) electrons. The van der Waals surface area contributed by atoms with Crippen LogP contribution in [-0.2, 0) is 32.0 Å². The van der Waals surface area contributed by atoms with Gasteiger partial charge < -0.3 is 20.0 Å². The third-order valence-corrected chi connectivity index (χ3v) is 8.13. The van der Waals surface area contributed by atoms with Gasteiger partial charge in [-0.25, -0.2) is 0 Å². The van der Waals surface area contributed by atoms with Crippen LogP contribution in [0.25, 0.3) is 0 Å². The molecule has 0 aromatic heterocycles. The Balaban J connectivity index is 0.000000155. The number of ketones is 2. The Kier molecular flexibility index (Phi) is 7.72. The molecular formula is C30H34N2O6. The van der Waals surface area contributed by atoms with E-state index in [2.05, 4.69) is 0 Å². The van der Waals surface area contributed by atoms with Crippen LogP contribution in [0.4, 0.5) is 11.4 Å². The van der Waals surface area contributed by atoms with Crippen molar-refractivity contribution in [3.8, 4) is 0 Å². The van der Waals surface area contributed by atoms with Crippen molar-refractivity contribution in [1.29, 1.82) is 0 Å². The lowest BCUT2D eigenvalue weighted by atomic mass is 9.97. The molecule has 4 aliphatic rings. The molecule has 8 heteroatoms. The molecule has 2 aromatic rings. The molecule has 4 unspecified atom stereocenters. The molecule has 0 bridgehead atoms. The molecule has 2 heterocycles. The maximum atomic E-state index is 12.5. The van der Waals surface area contributed by atoms with Crippen molar-refractivity contribution in [3.05, 3.63) is 59.7 Å². The zero-order chi connectivity index (χ0) is 26.8. The predicted octanol–water partition coefficient (Wildman–Crippen LogP) is 2.61. The summed E-state index contributed by atoms with van der Waals surface area (Å²) in [5, 5.41) is 19.7. The average molecular weight is 519 g/mol. The fourth-order valence-electron chi connectivity index (χ4n) is 6.16. The normalized spacial score (nSPS) is 26.4. The fourth-order valence-corrected chi connectivity index (χ4v) is 6.16. The van der Waals surface area contributed by atoms with E-state index < -0.39 is 12.2 Å². The standard InChI is InChI=1S/2C15H17NO3/c2*17-11-8-10-4-1-2-6-13(10)16(9-11)15(19)12-5-3-7-14(12)18/h2*1-2,4,6,12,14,18H,3,5,7-9H2. The van der Waals surface area contributed by atoms with Gasteiger partial charge in [0.05, 0.1) is 37.1 Å². The number of hydrogen-bond donors (Lipinski definition) is 2. The van der Waals surface area contributed by atoms with Gasteiger partial charge in [0, 0.05) is 24.2 Å². The number of Topliss-reactive ketones (excluding diaryl/α,β-unsaturated/α-hetero) is 2. The second-order valence-corrected chi connectivity index (χ2v) is 10.7. The Morgan fingerprint density at radius 3 is 1.39 bits per heavy atom. The molecule has 0 spiro atoms. The summed E-state index contributed by atoms with van der Waals surface area (Å²) < 4.78 is 0. The molecule has 2 fully saturated rings. The smallest absolute Gasteiger partial charge is 0.233 e. The maximum absolute atomic E-state index is 12.5. The molecule has 2 aliphatic heterocycles. The highest BCUT2D eigenvalue weighted by Gasteiger charge is 2.38. The van der Waals surface area contributed by atoms with Gasteiger partial charge in [0.1, 0.15) is 0 Å². The SMILES string of the molecule is O=C1Cc2ccccc2N(C(=O)C2CCCC2O)C1.O=C1Cc2ccccc2N(C(=O)C2CCCC2O)C1. The van der Waals surface area contributed by atoms with Gasteiger partial charge in [-0.1, -0.05) is 36.4 Å². The summed E-state index contributed by atoms with van der Waals surface area (Å²) in [6.45, 7) is 0.276. The minimum Gasteiger partial charge on any atom is -0.392 e. The van der Waals surface area contributed by atoms with Gasteiger partial charge in [-0.3, -0.25) is 19.2 Å². The van der Waals surface area contributed by atoms with Crippen molar-refractivity contribution in [1.82, 2.24) is 0 Å². The first kappa shape index (κ1) is 26.3. The third kappa shape index (κ3) is 5.28. The van der Waals surface area contributed by atoms with Crippen molar-refractivity contribution in [3.63, 3.8) is 0 Å². The molecule has 2 amide bonds. The molecule has 2 saturated carbocycles. The number of nitrogens with zero attached hydrogens (tertiary/aromatic N) is 2. The number of anilines is 2. The van der Waals surface area contributed by atoms with Gasteiger partial charge in [0.2, 0.25) is 11.8 Å². The van der Waals surface area contributed by atoms with Crippen LogP contribution < -0.4 is 9.80 Å². The quantitative estimate of drug-likeness (QED) is 0.632. The lowest BCUT2D eigenvalue weighted by molar-refractivity contribution is -0.127. The van der Waals surface area contributed by atoms with Crippen LogP contribution in [0, 0.1) is 11.8 Å². The lowest BCUT2D eigenvalue weighted by Crippen LogP contribution is -2.45. The number of amides is 2. The highest BCUT2D eigenvalue weighted by molar-refractivity contribution is 6.05. The summed E-state index contributed by atoms with van der Waals surface area (Å²) in [6, 6.07) is 15.0. The van der Waals surface area contributed by atoms with Gasteiger partial charge in [0.25, 0.3) is 0 Å². The minimum atomic E-state index is -0.559. The van der Waals surface area contributed by atoms with Gasteiger partial charge in [0.15, 0.2) is 11.6 Å². The second-order valence-electron chi connectivity index (χ2n) is 10.7. The van der Waals surface area contributed by atoms with E-state index in [-0.39, 0.29) is 48.3 Å². The number of fused-ring (bicyclic) bond motifs is 2. The number of rotatable bonds is 2. The summed E-state index contributed by atoms with van der Waals surface area (Å²) in [7, 11) is 0. The first-order valence-electron chi connectivity index (χ1n) is 13.5. The van der Waals surface area contributed by atoms with E-state index in [1.165, 1.54) is 0 Å². The molecule has 8 nitrogen and oxygen atoms in total. The Morgan fingerprint density at radius 2 is 1.03 bits per heavy atom. The molecule has 0 saturated heterocycles. The maximum Gasteiger partial charge on any atom is 0.233 e. The summed E-state index contributed by atoms with van der Waals surface area (Å²) in [4.78, 5) is 51.7. The van der Waals surface area contributed by atoms with Crippen LogP contribution in [-0.4, -0.2) is 58.9 Å². The van der Waals surface area contributed by atoms with Crippen LogP contribution in [0.3, 0.4) is 0 Å². The van der Waals surface area contributed by atoms with Crippen LogP contribution in [0.1, 0.15) is 49.7 Å². The topological polar surface area (TPSA) is 115 Å². The molecule has 2 aromatic carbocycles. The van der Waals surface area contributed by atoms with Crippen molar-refractivity contribution < 1.29 is 29.4 Å². The number of carbonyl (C=O) groups excluding carboxylic acids is 4. The van der Waals surface area contributed by atoms with Gasteiger partial charge >= 0.3 is 0 Å². The first-order chi connectivity index (χ1) is 18.3. The fraction of sp³-hybridized carbons (Fsp3) is 0.467. The van der Waals surface area contributed by atoms with Crippen LogP contribution in [0.2, 0.25) is 0 Å². The minimum absolute atomic E-state index is 0.0551. The van der Waals surface area contributed by atoms with E-state index in [0.29, 0.717) is 38.5 Å². The number of hydrogen-bond acceptors (Lipinski definition) is 6. The van der Waals surface area contributed by atoms with Crippen molar-refractivity contribution in [2.24, 2.45) is 11.8 Å². The van der Waals surface area contributed by atoms with Crippen LogP contribution in [0.5, 0.6) is 0 Å². The highest BCUT2D eigenvalue weighted by Crippen LogP contribution is 2.33. The molecule has 2 aliphatic carbocycles. The summed E-state index contributed by atoms with van der Waals surface area (Å²) in [5.74, 6) is -0.798. The first-order valence-corrected chi connectivity index (χ1v) is 13.5. The predicted molar refractivity (Wildman–Crippen MR) is 142 cm³/mol. The molecule has 4 atom stereocenters.